The molecule has 13 aromatic rings. The Morgan fingerprint density at radius 1 is 0.328 bits per heavy atom. The molecule has 0 spiro atoms. The lowest BCUT2D eigenvalue weighted by Gasteiger charge is -2.13. The van der Waals surface area contributed by atoms with Crippen LogP contribution in [0.4, 0.5) is 0 Å². The molecule has 0 aliphatic carbocycles. The minimum absolute atomic E-state index is 0.865. The highest BCUT2D eigenvalue weighted by atomic mass is 15.0. The Labute approximate surface area is 332 Å². The molecule has 9 aromatic carbocycles. The van der Waals surface area contributed by atoms with Crippen LogP contribution in [0, 0.1) is 0 Å². The summed E-state index contributed by atoms with van der Waals surface area (Å²) in [5.74, 6) is 0. The van der Waals surface area contributed by atoms with Gasteiger partial charge in [0, 0.05) is 49.1 Å². The summed E-state index contributed by atoms with van der Waals surface area (Å²) in [6.45, 7) is 0. The molecule has 0 saturated carbocycles. The molecule has 0 aliphatic heterocycles. The molecule has 4 heteroatoms. The van der Waals surface area contributed by atoms with Crippen molar-refractivity contribution in [2.24, 2.45) is 0 Å². The molecule has 0 unspecified atom stereocenters. The first kappa shape index (κ1) is 31.4. The van der Waals surface area contributed by atoms with Gasteiger partial charge < -0.3 is 8.97 Å². The van der Waals surface area contributed by atoms with E-state index in [0.717, 1.165) is 39.2 Å². The zero-order chi connectivity index (χ0) is 37.9. The van der Waals surface area contributed by atoms with Crippen LogP contribution in [0.5, 0.6) is 0 Å². The first-order chi connectivity index (χ1) is 28.8. The number of hydrogen-bond acceptors (Lipinski definition) is 2. The Kier molecular flexibility index (Phi) is 6.41. The van der Waals surface area contributed by atoms with Crippen molar-refractivity contribution >= 4 is 81.7 Å². The van der Waals surface area contributed by atoms with Crippen molar-refractivity contribution in [2.75, 3.05) is 0 Å². The second kappa shape index (κ2) is 11.8. The van der Waals surface area contributed by atoms with Gasteiger partial charge in [0.2, 0.25) is 0 Å². The number of nitrogens with zero attached hydrogens (tertiary/aromatic N) is 4. The number of aromatic nitrogens is 4. The zero-order valence-corrected chi connectivity index (χ0v) is 31.3. The van der Waals surface area contributed by atoms with Crippen molar-refractivity contribution in [1.82, 2.24) is 18.9 Å². The number of fused-ring (bicyclic) bond motifs is 12. The minimum Gasteiger partial charge on any atom is -0.309 e. The smallest absolute Gasteiger partial charge is 0.0973 e. The highest BCUT2D eigenvalue weighted by Gasteiger charge is 2.25. The number of para-hydroxylation sites is 4. The molecule has 0 aliphatic rings. The summed E-state index contributed by atoms with van der Waals surface area (Å²) in [5.41, 5.74) is 15.2. The maximum atomic E-state index is 5.27. The molecule has 0 atom stereocenters. The lowest BCUT2D eigenvalue weighted by atomic mass is 9.99. The van der Waals surface area contributed by atoms with E-state index in [2.05, 4.69) is 179 Å². The summed E-state index contributed by atoms with van der Waals surface area (Å²) in [5, 5.41) is 10.1. The summed E-state index contributed by atoms with van der Waals surface area (Å²) in [7, 11) is 0. The third kappa shape index (κ3) is 4.40. The Bertz CT molecular complexity index is 3760. The predicted molar refractivity (Wildman–Crippen MR) is 242 cm³/mol. The van der Waals surface area contributed by atoms with Crippen molar-refractivity contribution in [3.63, 3.8) is 0 Å². The van der Waals surface area contributed by atoms with Gasteiger partial charge in [-0.1, -0.05) is 140 Å². The predicted octanol–water partition coefficient (Wildman–Crippen LogP) is 14.0. The lowest BCUT2D eigenvalue weighted by molar-refractivity contribution is 1.19. The van der Waals surface area contributed by atoms with Crippen molar-refractivity contribution in [3.05, 3.63) is 194 Å². The Balaban J connectivity index is 1.07. The molecule has 0 bridgehead atoms. The van der Waals surface area contributed by atoms with Crippen molar-refractivity contribution in [2.45, 2.75) is 0 Å². The summed E-state index contributed by atoms with van der Waals surface area (Å²) < 4.78 is 4.97. The summed E-state index contributed by atoms with van der Waals surface area (Å²) in [6, 6.07) is 69.9. The molecule has 0 radical (unpaired) electrons. The van der Waals surface area contributed by atoms with Crippen LogP contribution in [-0.4, -0.2) is 18.9 Å². The van der Waals surface area contributed by atoms with E-state index < -0.39 is 0 Å². The van der Waals surface area contributed by atoms with Gasteiger partial charge in [-0.15, -0.1) is 0 Å². The van der Waals surface area contributed by atoms with E-state index in [9.17, 15) is 0 Å². The highest BCUT2D eigenvalue weighted by molar-refractivity contribution is 6.34. The zero-order valence-electron chi connectivity index (χ0n) is 31.3. The number of benzene rings is 9. The van der Waals surface area contributed by atoms with Gasteiger partial charge in [-0.3, -0.25) is 0 Å². The topological polar surface area (TPSA) is 35.1 Å². The van der Waals surface area contributed by atoms with Gasteiger partial charge >= 0.3 is 0 Å². The molecule has 58 heavy (non-hydrogen) atoms. The number of hydrogen-bond donors (Lipinski definition) is 0. The maximum absolute atomic E-state index is 5.27. The van der Waals surface area contributed by atoms with E-state index >= 15 is 0 Å². The fraction of sp³-hybridized carbons (Fsp3) is 0. The highest BCUT2D eigenvalue weighted by Crippen LogP contribution is 2.47. The third-order valence-corrected chi connectivity index (χ3v) is 12.2. The number of rotatable bonds is 4. The van der Waals surface area contributed by atoms with Gasteiger partial charge in [0.05, 0.1) is 50.0 Å². The molecule has 4 nitrogen and oxygen atoms in total. The van der Waals surface area contributed by atoms with Gasteiger partial charge in [-0.2, -0.15) is 0 Å². The van der Waals surface area contributed by atoms with Crippen LogP contribution in [0.2, 0.25) is 0 Å². The van der Waals surface area contributed by atoms with Crippen LogP contribution < -0.4 is 0 Å². The Morgan fingerprint density at radius 2 is 0.845 bits per heavy atom. The average molecular weight is 737 g/mol. The van der Waals surface area contributed by atoms with Crippen LogP contribution in [0.1, 0.15) is 0 Å². The van der Waals surface area contributed by atoms with E-state index in [-0.39, 0.29) is 0 Å². The quantitative estimate of drug-likeness (QED) is 0.180. The van der Waals surface area contributed by atoms with Crippen LogP contribution >= 0.6 is 0 Å². The van der Waals surface area contributed by atoms with Gasteiger partial charge in [0.1, 0.15) is 0 Å². The molecule has 0 N–H and O–H groups in total. The normalized spacial score (nSPS) is 12.1. The second-order valence-corrected chi connectivity index (χ2v) is 15.4. The van der Waals surface area contributed by atoms with E-state index in [1.807, 2.05) is 24.3 Å². The fourth-order valence-electron chi connectivity index (χ4n) is 9.58. The first-order valence-electron chi connectivity index (χ1n) is 19.8. The van der Waals surface area contributed by atoms with E-state index in [1.54, 1.807) is 0 Å². The van der Waals surface area contributed by atoms with E-state index in [4.69, 9.17) is 9.97 Å². The summed E-state index contributed by atoms with van der Waals surface area (Å²) in [6.07, 6.45) is 0. The van der Waals surface area contributed by atoms with Crippen LogP contribution in [0.15, 0.2) is 194 Å². The van der Waals surface area contributed by atoms with Crippen molar-refractivity contribution in [3.8, 4) is 39.3 Å². The molecular weight excluding hydrogens is 705 g/mol. The Hall–Kier alpha value is -7.82. The molecule has 13 rings (SSSR count). The van der Waals surface area contributed by atoms with E-state index in [1.165, 1.54) is 81.8 Å². The van der Waals surface area contributed by atoms with Crippen molar-refractivity contribution in [1.29, 1.82) is 0 Å². The molecule has 0 saturated heterocycles. The van der Waals surface area contributed by atoms with E-state index in [0.29, 0.717) is 0 Å². The molecule has 0 amide bonds. The van der Waals surface area contributed by atoms with Crippen molar-refractivity contribution < 1.29 is 0 Å². The molecule has 4 heterocycles. The van der Waals surface area contributed by atoms with Gasteiger partial charge in [-0.25, -0.2) is 9.97 Å². The van der Waals surface area contributed by atoms with Crippen LogP contribution in [0.3, 0.4) is 0 Å². The first-order valence-corrected chi connectivity index (χ1v) is 19.8. The second-order valence-electron chi connectivity index (χ2n) is 15.4. The summed E-state index contributed by atoms with van der Waals surface area (Å²) >= 11 is 0. The van der Waals surface area contributed by atoms with Gasteiger partial charge in [-0.05, 0) is 76.5 Å². The fourth-order valence-corrected chi connectivity index (χ4v) is 9.58. The molecule has 0 fully saturated rings. The molecular formula is C54H32N4. The SMILES string of the molecule is c1ccc(-c2ccc(-c3nc4ccccc4nc3-c3ccc(-n4c5cc6ccccc6cc5c5cc6c7ccccc7n7c8ccccc8c(c54)c67)cc3)cc2)cc1. The largest absolute Gasteiger partial charge is 0.309 e. The third-order valence-electron chi connectivity index (χ3n) is 12.2. The maximum Gasteiger partial charge on any atom is 0.0973 e. The average Bonchev–Trinajstić information content (AvgIpc) is 3.92. The summed E-state index contributed by atoms with van der Waals surface area (Å²) in [4.78, 5) is 10.5. The molecule has 268 valence electrons. The monoisotopic (exact) mass is 736 g/mol. The minimum atomic E-state index is 0.865. The van der Waals surface area contributed by atoms with Crippen LogP contribution in [0.25, 0.3) is 121 Å². The standard InChI is InChI=1S/C54H32N4/c1-2-12-33(13-3-1)34-22-24-35(25-23-34)51-52(56-46-19-9-8-18-45(46)55-51)36-26-28-39(29-27-36)57-49-31-38-15-5-4-14-37(38)30-42(49)44-32-43-40-16-6-10-20-47(40)58-48-21-11-7-17-41(48)50(53(44)57)54(43)58/h1-32H. The lowest BCUT2D eigenvalue weighted by Crippen LogP contribution is -1.97. The Morgan fingerprint density at radius 3 is 1.55 bits per heavy atom. The van der Waals surface area contributed by atoms with Gasteiger partial charge in [0.15, 0.2) is 0 Å². The molecule has 4 aromatic heterocycles. The van der Waals surface area contributed by atoms with Crippen LogP contribution in [-0.2, 0) is 0 Å². The van der Waals surface area contributed by atoms with Gasteiger partial charge in [0.25, 0.3) is 0 Å².